The van der Waals surface area contributed by atoms with Crippen LogP contribution in [0.2, 0.25) is 0 Å². The smallest absolute Gasteiger partial charge is 0.0462 e. The van der Waals surface area contributed by atoms with E-state index in [1.54, 1.807) is 0 Å². The van der Waals surface area contributed by atoms with Gasteiger partial charge in [0.05, 0.1) is 0 Å². The Morgan fingerprint density at radius 3 is 2.50 bits per heavy atom. The number of likely N-dealkylation sites (N-methyl/N-ethyl adjacent to an activating group) is 1. The van der Waals surface area contributed by atoms with E-state index < -0.39 is 0 Å². The van der Waals surface area contributed by atoms with Gasteiger partial charge in [-0.1, -0.05) is 0 Å². The molecule has 4 nitrogen and oxygen atoms in total. The molecule has 0 radical (unpaired) electrons. The van der Waals surface area contributed by atoms with Crippen LogP contribution in [0, 0.1) is 5.92 Å². The molecule has 0 aromatic heterocycles. The van der Waals surface area contributed by atoms with E-state index >= 15 is 0 Å². The van der Waals surface area contributed by atoms with Crippen LogP contribution in [0.15, 0.2) is 0 Å². The molecule has 0 aromatic rings. The first-order chi connectivity index (χ1) is 7.66. The third-order valence-corrected chi connectivity index (χ3v) is 4.28. The third-order valence-electron chi connectivity index (χ3n) is 4.28. The molecule has 0 amide bonds. The van der Waals surface area contributed by atoms with E-state index in [0.29, 0.717) is 0 Å². The van der Waals surface area contributed by atoms with Gasteiger partial charge in [0.2, 0.25) is 0 Å². The number of hydrogen-bond donors (Lipinski definition) is 2. The Hall–Kier alpha value is -0.160. The van der Waals surface area contributed by atoms with Crippen LogP contribution in [-0.4, -0.2) is 68.7 Å². The largest absolute Gasteiger partial charge is 0.329 e. The number of nitrogens with one attached hydrogen (secondary N) is 1. The summed E-state index contributed by atoms with van der Waals surface area (Å²) in [6.07, 6.45) is 2.65. The Bertz CT molecular complexity index is 223. The second-order valence-electron chi connectivity index (χ2n) is 5.64. The summed E-state index contributed by atoms with van der Waals surface area (Å²) < 4.78 is 0. The molecule has 0 aromatic carbocycles. The van der Waals surface area contributed by atoms with Gasteiger partial charge >= 0.3 is 0 Å². The molecule has 1 unspecified atom stereocenters. The molecule has 3 saturated heterocycles. The molecule has 3 heterocycles. The highest BCUT2D eigenvalue weighted by atomic mass is 15.2. The number of rotatable bonds is 5. The molecule has 0 aliphatic carbocycles. The summed E-state index contributed by atoms with van der Waals surface area (Å²) in [4.78, 5) is 4.79. The highest BCUT2D eigenvalue weighted by molar-refractivity contribution is 5.04. The minimum Gasteiger partial charge on any atom is -0.329 e. The predicted octanol–water partition coefficient (Wildman–Crippen LogP) is -0.439. The molecule has 0 saturated carbocycles. The molecule has 94 valence electrons. The fourth-order valence-corrected chi connectivity index (χ4v) is 3.20. The Kier molecular flexibility index (Phi) is 3.85. The Morgan fingerprint density at radius 1 is 1.38 bits per heavy atom. The average Bonchev–Trinajstić information content (AvgIpc) is 2.30. The summed E-state index contributed by atoms with van der Waals surface area (Å²) in [6, 6.07) is 0. The quantitative estimate of drug-likeness (QED) is 0.667. The molecular weight excluding hydrogens is 200 g/mol. The molecule has 3 aliphatic rings. The fraction of sp³-hybridized carbons (Fsp3) is 1.00. The van der Waals surface area contributed by atoms with Gasteiger partial charge in [0.15, 0.2) is 0 Å². The molecule has 3 N–H and O–H groups in total. The van der Waals surface area contributed by atoms with Crippen LogP contribution in [0.3, 0.4) is 0 Å². The normalized spacial score (nSPS) is 38.2. The molecule has 1 atom stereocenters. The Balaban J connectivity index is 1.91. The zero-order valence-electron chi connectivity index (χ0n) is 10.7. The van der Waals surface area contributed by atoms with E-state index in [1.165, 1.54) is 25.9 Å². The molecule has 3 fully saturated rings. The van der Waals surface area contributed by atoms with Crippen LogP contribution in [0.4, 0.5) is 0 Å². The van der Waals surface area contributed by atoms with Crippen molar-refractivity contribution in [1.82, 2.24) is 15.1 Å². The minimum atomic E-state index is 0.201. The maximum absolute atomic E-state index is 6.04. The second kappa shape index (κ2) is 5.00. The fourth-order valence-electron chi connectivity index (χ4n) is 3.20. The van der Waals surface area contributed by atoms with Crippen LogP contribution in [0.1, 0.15) is 12.8 Å². The molecule has 3 rings (SSSR count). The zero-order chi connectivity index (χ0) is 11.6. The van der Waals surface area contributed by atoms with Crippen LogP contribution in [0.5, 0.6) is 0 Å². The highest BCUT2D eigenvalue weighted by Gasteiger charge is 2.45. The molecule has 2 bridgehead atoms. The van der Waals surface area contributed by atoms with Crippen molar-refractivity contribution in [3.63, 3.8) is 0 Å². The number of fused-ring (bicyclic) bond motifs is 3. The van der Waals surface area contributed by atoms with Crippen molar-refractivity contribution in [2.75, 3.05) is 53.4 Å². The van der Waals surface area contributed by atoms with Gasteiger partial charge in [0.1, 0.15) is 0 Å². The summed E-state index contributed by atoms with van der Waals surface area (Å²) in [5.41, 5.74) is 6.24. The molecule has 3 aliphatic heterocycles. The van der Waals surface area contributed by atoms with Gasteiger partial charge in [-0.2, -0.15) is 0 Å². The number of piperidine rings is 3. The minimum absolute atomic E-state index is 0.201. The monoisotopic (exact) mass is 226 g/mol. The van der Waals surface area contributed by atoms with E-state index in [2.05, 4.69) is 29.2 Å². The molecular formula is C12H26N4. The van der Waals surface area contributed by atoms with Gasteiger partial charge in [0.25, 0.3) is 0 Å². The van der Waals surface area contributed by atoms with E-state index in [-0.39, 0.29) is 5.54 Å². The summed E-state index contributed by atoms with van der Waals surface area (Å²) in [5.74, 6) is 0.796. The van der Waals surface area contributed by atoms with E-state index in [4.69, 9.17) is 5.73 Å². The molecule has 16 heavy (non-hydrogen) atoms. The highest BCUT2D eigenvalue weighted by Crippen LogP contribution is 2.34. The Labute approximate surface area is 99.2 Å². The van der Waals surface area contributed by atoms with Crippen LogP contribution >= 0.6 is 0 Å². The predicted molar refractivity (Wildman–Crippen MR) is 67.5 cm³/mol. The van der Waals surface area contributed by atoms with Gasteiger partial charge in [-0.25, -0.2) is 0 Å². The lowest BCUT2D eigenvalue weighted by atomic mass is 9.72. The van der Waals surface area contributed by atoms with Gasteiger partial charge in [0, 0.05) is 31.7 Å². The first kappa shape index (κ1) is 12.3. The van der Waals surface area contributed by atoms with Gasteiger partial charge in [-0.05, 0) is 45.9 Å². The first-order valence-electron chi connectivity index (χ1n) is 6.48. The second-order valence-corrected chi connectivity index (χ2v) is 5.64. The van der Waals surface area contributed by atoms with Gasteiger partial charge in [-0.15, -0.1) is 0 Å². The van der Waals surface area contributed by atoms with Crippen molar-refractivity contribution in [3.05, 3.63) is 0 Å². The third kappa shape index (κ3) is 2.40. The maximum Gasteiger partial charge on any atom is 0.0462 e. The number of nitrogens with zero attached hydrogens (tertiary/aromatic N) is 2. The van der Waals surface area contributed by atoms with Gasteiger partial charge < -0.3 is 20.9 Å². The van der Waals surface area contributed by atoms with Crippen molar-refractivity contribution >= 4 is 0 Å². The van der Waals surface area contributed by atoms with E-state index in [0.717, 1.165) is 32.1 Å². The summed E-state index contributed by atoms with van der Waals surface area (Å²) in [6.45, 7) is 6.63. The summed E-state index contributed by atoms with van der Waals surface area (Å²) >= 11 is 0. The molecule has 0 spiro atoms. The van der Waals surface area contributed by atoms with E-state index in [1.807, 2.05) is 0 Å². The lowest BCUT2D eigenvalue weighted by Crippen LogP contribution is -2.69. The summed E-state index contributed by atoms with van der Waals surface area (Å²) in [7, 11) is 4.24. The Morgan fingerprint density at radius 2 is 2.06 bits per heavy atom. The van der Waals surface area contributed by atoms with Crippen LogP contribution in [0.25, 0.3) is 0 Å². The van der Waals surface area contributed by atoms with E-state index in [9.17, 15) is 0 Å². The summed E-state index contributed by atoms with van der Waals surface area (Å²) in [5, 5.41) is 3.74. The van der Waals surface area contributed by atoms with Crippen molar-refractivity contribution in [1.29, 1.82) is 0 Å². The van der Waals surface area contributed by atoms with Crippen molar-refractivity contribution < 1.29 is 0 Å². The lowest BCUT2D eigenvalue weighted by Gasteiger charge is -2.53. The zero-order valence-corrected chi connectivity index (χ0v) is 10.7. The van der Waals surface area contributed by atoms with Gasteiger partial charge in [-0.3, -0.25) is 0 Å². The average molecular weight is 226 g/mol. The van der Waals surface area contributed by atoms with Crippen LogP contribution in [-0.2, 0) is 0 Å². The van der Waals surface area contributed by atoms with Crippen molar-refractivity contribution in [2.45, 2.75) is 18.4 Å². The van der Waals surface area contributed by atoms with Crippen molar-refractivity contribution in [3.8, 4) is 0 Å². The SMILES string of the molecule is CN(C)CCNC1(CN)CN2CCC1CC2. The topological polar surface area (TPSA) is 44.5 Å². The maximum atomic E-state index is 6.04. The van der Waals surface area contributed by atoms with Crippen molar-refractivity contribution in [2.24, 2.45) is 11.7 Å². The first-order valence-corrected chi connectivity index (χ1v) is 6.48. The van der Waals surface area contributed by atoms with Crippen LogP contribution < -0.4 is 11.1 Å². The lowest BCUT2D eigenvalue weighted by molar-refractivity contribution is 0.0105. The number of hydrogen-bond acceptors (Lipinski definition) is 4. The molecule has 4 heteroatoms. The number of nitrogens with two attached hydrogens (primary N) is 1. The standard InChI is InChI=1S/C12H26N4/c1-15(2)8-5-14-12(9-13)10-16-6-3-11(12)4-7-16/h11,14H,3-10,13H2,1-2H3.